The quantitative estimate of drug-likeness (QED) is 0.379. The van der Waals surface area contributed by atoms with Crippen molar-refractivity contribution in [1.82, 2.24) is 10.2 Å². The van der Waals surface area contributed by atoms with Gasteiger partial charge in [-0.05, 0) is 48.2 Å². The summed E-state index contributed by atoms with van der Waals surface area (Å²) in [5.74, 6) is 0.849. The van der Waals surface area contributed by atoms with E-state index >= 15 is 0 Å². The Morgan fingerprint density at radius 1 is 0.903 bits per heavy atom. The Morgan fingerprint density at radius 2 is 1.65 bits per heavy atom. The molecule has 5 rings (SSSR count). The van der Waals surface area contributed by atoms with Gasteiger partial charge >= 0.3 is 0 Å². The number of halogens is 2. The first-order valence-electron chi connectivity index (χ1n) is 9.84. The van der Waals surface area contributed by atoms with Crippen molar-refractivity contribution < 1.29 is 9.21 Å². The Morgan fingerprint density at radius 3 is 2.45 bits per heavy atom. The summed E-state index contributed by atoms with van der Waals surface area (Å²) in [7, 11) is 0. The van der Waals surface area contributed by atoms with Gasteiger partial charge in [-0.25, -0.2) is 0 Å². The summed E-state index contributed by atoms with van der Waals surface area (Å²) in [4.78, 5) is 12.8. The lowest BCUT2D eigenvalue weighted by atomic mass is 10.1. The molecule has 1 amide bonds. The molecular formula is C24H17Cl2N3O2. The molecule has 1 N–H and O–H groups in total. The second kappa shape index (κ2) is 8.17. The van der Waals surface area contributed by atoms with E-state index in [1.807, 2.05) is 42.5 Å². The highest BCUT2D eigenvalue weighted by Gasteiger charge is 2.44. The molecule has 4 aromatic rings. The van der Waals surface area contributed by atoms with Gasteiger partial charge in [-0.1, -0.05) is 65.7 Å². The van der Waals surface area contributed by atoms with Crippen LogP contribution < -0.4 is 5.32 Å². The van der Waals surface area contributed by atoms with Crippen molar-refractivity contribution in [2.45, 2.75) is 12.3 Å². The van der Waals surface area contributed by atoms with Crippen LogP contribution in [0, 0.1) is 5.92 Å². The van der Waals surface area contributed by atoms with E-state index in [0.29, 0.717) is 38.6 Å². The van der Waals surface area contributed by atoms with E-state index in [1.165, 1.54) is 5.56 Å². The molecule has 154 valence electrons. The molecule has 0 radical (unpaired) electrons. The van der Waals surface area contributed by atoms with Gasteiger partial charge < -0.3 is 9.73 Å². The van der Waals surface area contributed by atoms with Crippen LogP contribution >= 0.6 is 23.2 Å². The minimum Gasteiger partial charge on any atom is -0.416 e. The van der Waals surface area contributed by atoms with Gasteiger partial charge in [0.15, 0.2) is 0 Å². The number of para-hydroxylation sites is 1. The first-order valence-corrected chi connectivity index (χ1v) is 10.6. The van der Waals surface area contributed by atoms with Crippen LogP contribution in [-0.4, -0.2) is 16.1 Å². The first kappa shape index (κ1) is 19.8. The third-order valence-corrected chi connectivity index (χ3v) is 6.10. The van der Waals surface area contributed by atoms with Crippen LogP contribution in [-0.2, 0) is 4.79 Å². The summed E-state index contributed by atoms with van der Waals surface area (Å²) in [5, 5.41) is 12.2. The number of hydrogen-bond acceptors (Lipinski definition) is 4. The van der Waals surface area contributed by atoms with Crippen LogP contribution in [0.15, 0.2) is 77.2 Å². The highest BCUT2D eigenvalue weighted by molar-refractivity contribution is 6.42. The highest BCUT2D eigenvalue weighted by Crippen LogP contribution is 2.48. The molecule has 0 bridgehead atoms. The zero-order chi connectivity index (χ0) is 21.4. The lowest BCUT2D eigenvalue weighted by Gasteiger charge is -2.08. The molecule has 0 saturated heterocycles. The van der Waals surface area contributed by atoms with Crippen LogP contribution in [0.3, 0.4) is 0 Å². The molecule has 1 fully saturated rings. The number of amides is 1. The van der Waals surface area contributed by atoms with Crippen molar-refractivity contribution in [3.8, 4) is 22.9 Å². The highest BCUT2D eigenvalue weighted by atomic mass is 35.5. The molecule has 1 saturated carbocycles. The van der Waals surface area contributed by atoms with Gasteiger partial charge in [0.2, 0.25) is 17.7 Å². The summed E-state index contributed by atoms with van der Waals surface area (Å²) in [6.45, 7) is 0. The minimum atomic E-state index is -0.0371. The fraction of sp³-hybridized carbons (Fsp3) is 0.125. The van der Waals surface area contributed by atoms with E-state index < -0.39 is 0 Å². The minimum absolute atomic E-state index is 0.00877. The van der Waals surface area contributed by atoms with Crippen LogP contribution in [0.2, 0.25) is 10.0 Å². The monoisotopic (exact) mass is 449 g/mol. The zero-order valence-electron chi connectivity index (χ0n) is 16.3. The predicted octanol–water partition coefficient (Wildman–Crippen LogP) is 6.45. The number of hydrogen-bond donors (Lipinski definition) is 1. The van der Waals surface area contributed by atoms with Crippen molar-refractivity contribution in [1.29, 1.82) is 0 Å². The molecule has 1 aromatic heterocycles. The number of aromatic nitrogens is 2. The summed E-state index contributed by atoms with van der Waals surface area (Å²) >= 11 is 12.1. The molecule has 1 aliphatic rings. The second-order valence-corrected chi connectivity index (χ2v) is 8.25. The Bertz CT molecular complexity index is 1260. The number of nitrogens with one attached hydrogen (secondary N) is 1. The normalized spacial score (nSPS) is 17.4. The lowest BCUT2D eigenvalue weighted by molar-refractivity contribution is -0.117. The molecule has 1 aliphatic carbocycles. The van der Waals surface area contributed by atoms with Gasteiger partial charge in [-0.3, -0.25) is 4.79 Å². The third-order valence-electron chi connectivity index (χ3n) is 5.36. The SMILES string of the molecule is O=C(Nc1ccccc1-c1nnc(-c2ccc(Cl)c(Cl)c2)o1)[C@@H]1C[C@@H]1c1ccccc1. The van der Waals surface area contributed by atoms with Gasteiger partial charge in [0.1, 0.15) is 0 Å². The predicted molar refractivity (Wildman–Crippen MR) is 121 cm³/mol. The maximum absolute atomic E-state index is 12.8. The van der Waals surface area contributed by atoms with E-state index in [2.05, 4.69) is 27.6 Å². The van der Waals surface area contributed by atoms with Gasteiger partial charge in [0, 0.05) is 11.5 Å². The second-order valence-electron chi connectivity index (χ2n) is 7.44. The third kappa shape index (κ3) is 4.07. The van der Waals surface area contributed by atoms with E-state index in [9.17, 15) is 4.79 Å². The van der Waals surface area contributed by atoms with Crippen LogP contribution in [0.25, 0.3) is 22.9 Å². The Kier molecular flexibility index (Phi) is 5.22. The maximum atomic E-state index is 12.8. The van der Waals surface area contributed by atoms with Crippen LogP contribution in [0.5, 0.6) is 0 Å². The topological polar surface area (TPSA) is 68.0 Å². The molecule has 3 aromatic carbocycles. The number of carbonyl (C=O) groups is 1. The number of benzene rings is 3. The van der Waals surface area contributed by atoms with Crippen LogP contribution in [0.4, 0.5) is 5.69 Å². The molecule has 5 nitrogen and oxygen atoms in total. The summed E-state index contributed by atoms with van der Waals surface area (Å²) in [5.41, 5.74) is 3.15. The zero-order valence-corrected chi connectivity index (χ0v) is 17.8. The molecule has 0 unspecified atom stereocenters. The molecule has 0 aliphatic heterocycles. The molecule has 7 heteroatoms. The Labute approximate surface area is 189 Å². The van der Waals surface area contributed by atoms with E-state index in [-0.39, 0.29) is 17.7 Å². The average molecular weight is 450 g/mol. The van der Waals surface area contributed by atoms with Crippen LogP contribution in [0.1, 0.15) is 17.9 Å². The fourth-order valence-corrected chi connectivity index (χ4v) is 3.93. The summed E-state index contributed by atoms with van der Waals surface area (Å²) in [6.07, 6.45) is 0.847. The van der Waals surface area contributed by atoms with Crippen molar-refractivity contribution in [2.75, 3.05) is 5.32 Å². The van der Waals surface area contributed by atoms with Gasteiger partial charge in [0.25, 0.3) is 0 Å². The van der Waals surface area contributed by atoms with E-state index in [1.54, 1.807) is 18.2 Å². The van der Waals surface area contributed by atoms with E-state index in [0.717, 1.165) is 6.42 Å². The number of rotatable bonds is 5. The number of carbonyl (C=O) groups excluding carboxylic acids is 1. The maximum Gasteiger partial charge on any atom is 0.250 e. The van der Waals surface area contributed by atoms with Crippen molar-refractivity contribution >= 4 is 34.8 Å². The summed E-state index contributed by atoms with van der Waals surface area (Å²) in [6, 6.07) is 22.6. The fourth-order valence-electron chi connectivity index (χ4n) is 3.64. The Balaban J connectivity index is 1.36. The average Bonchev–Trinajstić information content (AvgIpc) is 3.46. The lowest BCUT2D eigenvalue weighted by Crippen LogP contribution is -2.15. The van der Waals surface area contributed by atoms with Gasteiger partial charge in [-0.15, -0.1) is 10.2 Å². The first-order chi connectivity index (χ1) is 15.1. The van der Waals surface area contributed by atoms with Crippen molar-refractivity contribution in [2.24, 2.45) is 5.92 Å². The smallest absolute Gasteiger partial charge is 0.250 e. The van der Waals surface area contributed by atoms with Gasteiger partial charge in [0.05, 0.1) is 21.3 Å². The standard InChI is InChI=1S/C24H17Cl2N3O2/c25-19-11-10-15(12-20(19)26)23-28-29-24(31-23)16-8-4-5-9-21(16)27-22(30)18-13-17(18)14-6-2-1-3-7-14/h1-12,17-18H,13H2,(H,27,30)/t17-,18-/m1/s1. The Hall–Kier alpha value is -3.15. The molecular weight excluding hydrogens is 433 g/mol. The summed E-state index contributed by atoms with van der Waals surface area (Å²) < 4.78 is 5.86. The van der Waals surface area contributed by atoms with E-state index in [4.69, 9.17) is 27.6 Å². The number of anilines is 1. The molecule has 1 heterocycles. The largest absolute Gasteiger partial charge is 0.416 e. The van der Waals surface area contributed by atoms with Gasteiger partial charge in [-0.2, -0.15) is 0 Å². The number of nitrogens with zero attached hydrogens (tertiary/aromatic N) is 2. The molecule has 2 atom stereocenters. The molecule has 0 spiro atoms. The van der Waals surface area contributed by atoms with Crippen molar-refractivity contribution in [3.05, 3.63) is 88.4 Å². The molecule has 31 heavy (non-hydrogen) atoms. The van der Waals surface area contributed by atoms with Crippen molar-refractivity contribution in [3.63, 3.8) is 0 Å².